The van der Waals surface area contributed by atoms with Gasteiger partial charge in [-0.05, 0) is 17.6 Å². The zero-order valence-electron chi connectivity index (χ0n) is 7.39. The minimum Gasteiger partial charge on any atom is -0.383 e. The molecular formula is C9H6F2N2OS. The molecule has 1 aromatic carbocycles. The molecule has 15 heavy (non-hydrogen) atoms. The van der Waals surface area contributed by atoms with Crippen LogP contribution >= 0.6 is 11.5 Å². The van der Waals surface area contributed by atoms with E-state index in [1.165, 1.54) is 18.3 Å². The SMILES string of the molecule is OC(c1cnns1)c1cccc(F)c1F. The summed E-state index contributed by atoms with van der Waals surface area (Å²) >= 11 is 0.940. The smallest absolute Gasteiger partial charge is 0.164 e. The van der Waals surface area contributed by atoms with E-state index in [-0.39, 0.29) is 5.56 Å². The van der Waals surface area contributed by atoms with Gasteiger partial charge in [0, 0.05) is 5.56 Å². The highest BCUT2D eigenvalue weighted by Crippen LogP contribution is 2.26. The summed E-state index contributed by atoms with van der Waals surface area (Å²) in [6.07, 6.45) is 0.0976. The fraction of sp³-hybridized carbons (Fsp3) is 0.111. The first-order valence-corrected chi connectivity index (χ1v) is 4.86. The molecule has 3 nitrogen and oxygen atoms in total. The van der Waals surface area contributed by atoms with Crippen LogP contribution in [0.15, 0.2) is 24.4 Å². The van der Waals surface area contributed by atoms with Crippen molar-refractivity contribution < 1.29 is 13.9 Å². The lowest BCUT2D eigenvalue weighted by atomic mass is 10.1. The number of aromatic nitrogens is 2. The van der Waals surface area contributed by atoms with Gasteiger partial charge >= 0.3 is 0 Å². The van der Waals surface area contributed by atoms with E-state index in [1.807, 2.05) is 0 Å². The van der Waals surface area contributed by atoms with E-state index in [4.69, 9.17) is 0 Å². The Bertz CT molecular complexity index is 461. The van der Waals surface area contributed by atoms with E-state index >= 15 is 0 Å². The number of hydrogen-bond acceptors (Lipinski definition) is 4. The van der Waals surface area contributed by atoms with Gasteiger partial charge in [-0.1, -0.05) is 16.6 Å². The molecule has 6 heteroatoms. The van der Waals surface area contributed by atoms with Crippen LogP contribution in [0.5, 0.6) is 0 Å². The molecule has 0 aliphatic carbocycles. The molecule has 0 saturated heterocycles. The van der Waals surface area contributed by atoms with Crippen LogP contribution in [0, 0.1) is 11.6 Å². The molecule has 1 atom stereocenters. The molecule has 2 rings (SSSR count). The third kappa shape index (κ3) is 1.86. The second kappa shape index (κ2) is 4.00. The van der Waals surface area contributed by atoms with Gasteiger partial charge in [0.1, 0.15) is 6.10 Å². The highest BCUT2D eigenvalue weighted by Gasteiger charge is 2.18. The molecule has 0 fully saturated rings. The molecular weight excluding hydrogens is 222 g/mol. The van der Waals surface area contributed by atoms with Crippen molar-refractivity contribution >= 4 is 11.5 Å². The highest BCUT2D eigenvalue weighted by atomic mass is 32.1. The molecule has 0 bridgehead atoms. The lowest BCUT2D eigenvalue weighted by molar-refractivity contribution is 0.217. The summed E-state index contributed by atoms with van der Waals surface area (Å²) < 4.78 is 29.7. The molecule has 0 aliphatic heterocycles. The van der Waals surface area contributed by atoms with Crippen LogP contribution < -0.4 is 0 Å². The second-order valence-electron chi connectivity index (χ2n) is 2.87. The molecule has 78 valence electrons. The van der Waals surface area contributed by atoms with Crippen LogP contribution in [0.4, 0.5) is 8.78 Å². The van der Waals surface area contributed by atoms with Crippen molar-refractivity contribution in [2.45, 2.75) is 6.10 Å². The fourth-order valence-corrected chi connectivity index (χ4v) is 1.69. The van der Waals surface area contributed by atoms with Gasteiger partial charge in [-0.25, -0.2) is 8.78 Å². The van der Waals surface area contributed by atoms with Crippen LogP contribution in [0.1, 0.15) is 16.5 Å². The number of aliphatic hydroxyl groups is 1. The summed E-state index contributed by atoms with van der Waals surface area (Å²) in [5, 5.41) is 13.2. The minimum absolute atomic E-state index is 0.110. The van der Waals surface area contributed by atoms with Crippen molar-refractivity contribution in [2.24, 2.45) is 0 Å². The number of aliphatic hydroxyl groups excluding tert-OH is 1. The van der Waals surface area contributed by atoms with E-state index < -0.39 is 17.7 Å². The quantitative estimate of drug-likeness (QED) is 0.853. The van der Waals surface area contributed by atoms with Gasteiger partial charge in [0.15, 0.2) is 11.6 Å². The molecule has 0 saturated carbocycles. The topological polar surface area (TPSA) is 46.0 Å². The Kier molecular flexibility index (Phi) is 2.70. The van der Waals surface area contributed by atoms with Crippen LogP contribution in [0.2, 0.25) is 0 Å². The number of rotatable bonds is 2. The van der Waals surface area contributed by atoms with Crippen LogP contribution in [-0.4, -0.2) is 14.7 Å². The average Bonchev–Trinajstić information content (AvgIpc) is 2.74. The molecule has 1 unspecified atom stereocenters. The Morgan fingerprint density at radius 3 is 2.80 bits per heavy atom. The summed E-state index contributed by atoms with van der Waals surface area (Å²) in [6.45, 7) is 0. The molecule has 0 aliphatic rings. The molecule has 0 spiro atoms. The van der Waals surface area contributed by atoms with Gasteiger partial charge < -0.3 is 5.11 Å². The standard InChI is InChI=1S/C9H6F2N2OS/c10-6-3-1-2-5(8(6)11)9(14)7-4-12-13-15-7/h1-4,9,14H. The zero-order valence-corrected chi connectivity index (χ0v) is 8.21. The lowest BCUT2D eigenvalue weighted by Crippen LogP contribution is -2.02. The summed E-state index contributed by atoms with van der Waals surface area (Å²) in [5.74, 6) is -2.03. The molecule has 1 heterocycles. The largest absolute Gasteiger partial charge is 0.383 e. The summed E-state index contributed by atoms with van der Waals surface area (Å²) in [5.41, 5.74) is -0.110. The van der Waals surface area contributed by atoms with E-state index in [0.29, 0.717) is 4.88 Å². The lowest BCUT2D eigenvalue weighted by Gasteiger charge is -2.08. The second-order valence-corrected chi connectivity index (χ2v) is 3.68. The molecule has 0 amide bonds. The van der Waals surface area contributed by atoms with Crippen molar-refractivity contribution in [3.05, 3.63) is 46.5 Å². The van der Waals surface area contributed by atoms with E-state index in [9.17, 15) is 13.9 Å². The van der Waals surface area contributed by atoms with Crippen LogP contribution in [0.3, 0.4) is 0 Å². The van der Waals surface area contributed by atoms with Crippen LogP contribution in [-0.2, 0) is 0 Å². The molecule has 1 aromatic heterocycles. The monoisotopic (exact) mass is 228 g/mol. The van der Waals surface area contributed by atoms with Gasteiger partial charge in [-0.2, -0.15) is 0 Å². The maximum atomic E-state index is 13.3. The minimum atomic E-state index is -1.22. The molecule has 0 radical (unpaired) electrons. The van der Waals surface area contributed by atoms with Gasteiger partial charge in [-0.3, -0.25) is 0 Å². The number of benzene rings is 1. The average molecular weight is 228 g/mol. The first kappa shape index (κ1) is 10.1. The van der Waals surface area contributed by atoms with E-state index in [2.05, 4.69) is 9.59 Å². The number of nitrogens with zero attached hydrogens (tertiary/aromatic N) is 2. The third-order valence-corrected chi connectivity index (χ3v) is 2.64. The van der Waals surface area contributed by atoms with Crippen molar-refractivity contribution in [1.82, 2.24) is 9.59 Å². The molecule has 1 N–H and O–H groups in total. The van der Waals surface area contributed by atoms with E-state index in [1.54, 1.807) is 0 Å². The van der Waals surface area contributed by atoms with Gasteiger partial charge in [0.2, 0.25) is 0 Å². The number of halogens is 2. The maximum absolute atomic E-state index is 13.3. The highest BCUT2D eigenvalue weighted by molar-refractivity contribution is 7.05. The Labute approximate surface area is 88.2 Å². The Morgan fingerprint density at radius 1 is 1.33 bits per heavy atom. The number of hydrogen-bond donors (Lipinski definition) is 1. The predicted molar refractivity (Wildman–Crippen MR) is 50.3 cm³/mol. The molecule has 2 aromatic rings. The first-order chi connectivity index (χ1) is 7.20. The van der Waals surface area contributed by atoms with Gasteiger partial charge in [-0.15, -0.1) is 5.10 Å². The van der Waals surface area contributed by atoms with Gasteiger partial charge in [0.25, 0.3) is 0 Å². The summed E-state index contributed by atoms with van der Waals surface area (Å²) in [7, 11) is 0. The van der Waals surface area contributed by atoms with Gasteiger partial charge in [0.05, 0.1) is 11.1 Å². The zero-order chi connectivity index (χ0) is 10.8. The van der Waals surface area contributed by atoms with Crippen molar-refractivity contribution in [2.75, 3.05) is 0 Å². The first-order valence-electron chi connectivity index (χ1n) is 4.09. The van der Waals surface area contributed by atoms with Crippen molar-refractivity contribution in [3.63, 3.8) is 0 Å². The summed E-state index contributed by atoms with van der Waals surface area (Å²) in [6, 6.07) is 3.66. The maximum Gasteiger partial charge on any atom is 0.164 e. The van der Waals surface area contributed by atoms with E-state index in [0.717, 1.165) is 17.6 Å². The van der Waals surface area contributed by atoms with Crippen LogP contribution in [0.25, 0.3) is 0 Å². The Morgan fingerprint density at radius 2 is 2.13 bits per heavy atom. The predicted octanol–water partition coefficient (Wildman–Crippen LogP) is 1.90. The Hall–Kier alpha value is -1.40. The van der Waals surface area contributed by atoms with Crippen molar-refractivity contribution in [3.8, 4) is 0 Å². The summed E-state index contributed by atoms with van der Waals surface area (Å²) in [4.78, 5) is 0.375. The third-order valence-electron chi connectivity index (χ3n) is 1.92. The fourth-order valence-electron chi connectivity index (χ4n) is 1.18. The van der Waals surface area contributed by atoms with Crippen molar-refractivity contribution in [1.29, 1.82) is 0 Å². The Balaban J connectivity index is 2.42. The normalized spacial score (nSPS) is 12.7.